The Morgan fingerprint density at radius 1 is 1.02 bits per heavy atom. The highest BCUT2D eigenvalue weighted by molar-refractivity contribution is 6.04. The van der Waals surface area contributed by atoms with E-state index in [0.717, 1.165) is 52.3 Å². The van der Waals surface area contributed by atoms with Gasteiger partial charge in [-0.3, -0.25) is 4.68 Å². The molecule has 1 atom stereocenters. The number of aliphatic hydroxyl groups excluding tert-OH is 1. The first-order valence-corrected chi connectivity index (χ1v) is 18.8. The SMILES string of the molecule is CN(CCCn1c(C(=O)O)c(CCCOc2cccc3ccccc23)c2cccc(-c3c(COC4CCCCO4)nn(C)c3CO)c21)C(=O)OC(C)(C)C. The van der Waals surface area contributed by atoms with Crippen molar-refractivity contribution in [2.75, 3.05) is 26.8 Å². The smallest absolute Gasteiger partial charge is 0.410 e. The van der Waals surface area contributed by atoms with Crippen molar-refractivity contribution in [3.8, 4) is 16.9 Å². The van der Waals surface area contributed by atoms with Gasteiger partial charge in [-0.2, -0.15) is 5.10 Å². The van der Waals surface area contributed by atoms with Gasteiger partial charge >= 0.3 is 12.1 Å². The number of carbonyl (C=O) groups excluding carboxylic acids is 1. The third-order valence-electron chi connectivity index (χ3n) is 9.75. The average molecular weight is 741 g/mol. The van der Waals surface area contributed by atoms with E-state index in [-0.39, 0.29) is 25.2 Å². The molecular weight excluding hydrogens is 688 g/mol. The van der Waals surface area contributed by atoms with Crippen LogP contribution < -0.4 is 4.74 Å². The van der Waals surface area contributed by atoms with Crippen LogP contribution in [0.4, 0.5) is 4.79 Å². The Kier molecular flexibility index (Phi) is 12.3. The fourth-order valence-electron chi connectivity index (χ4n) is 7.28. The largest absolute Gasteiger partial charge is 0.493 e. The fraction of sp³-hybridized carbons (Fsp3) is 0.452. The van der Waals surface area contributed by atoms with Gasteiger partial charge < -0.3 is 38.6 Å². The molecular formula is C42H52N4O8. The normalized spacial score (nSPS) is 14.8. The van der Waals surface area contributed by atoms with Gasteiger partial charge in [-0.05, 0) is 76.3 Å². The maximum atomic E-state index is 13.3. The maximum absolute atomic E-state index is 13.3. The molecule has 1 saturated heterocycles. The summed E-state index contributed by atoms with van der Waals surface area (Å²) in [6.07, 6.45) is 3.52. The Bertz CT molecular complexity index is 2080. The van der Waals surface area contributed by atoms with Gasteiger partial charge in [0.1, 0.15) is 17.0 Å². The van der Waals surface area contributed by atoms with Crippen molar-refractivity contribution >= 4 is 33.7 Å². The summed E-state index contributed by atoms with van der Waals surface area (Å²) < 4.78 is 27.3. The molecule has 1 unspecified atom stereocenters. The van der Waals surface area contributed by atoms with Crippen LogP contribution in [0, 0.1) is 0 Å². The Morgan fingerprint density at radius 3 is 2.52 bits per heavy atom. The molecule has 3 aromatic carbocycles. The monoisotopic (exact) mass is 740 g/mol. The quantitative estimate of drug-likeness (QED) is 0.104. The van der Waals surface area contributed by atoms with E-state index >= 15 is 0 Å². The van der Waals surface area contributed by atoms with Crippen molar-refractivity contribution < 1.29 is 38.7 Å². The number of hydrogen-bond donors (Lipinski definition) is 2. The molecule has 0 radical (unpaired) electrons. The minimum absolute atomic E-state index is 0.162. The summed E-state index contributed by atoms with van der Waals surface area (Å²) in [6, 6.07) is 19.8. The molecule has 3 heterocycles. The zero-order valence-corrected chi connectivity index (χ0v) is 32.0. The van der Waals surface area contributed by atoms with Crippen LogP contribution in [0.2, 0.25) is 0 Å². The molecule has 0 aliphatic carbocycles. The number of carboxylic acid groups (broad SMARTS) is 1. The fourth-order valence-corrected chi connectivity index (χ4v) is 7.28. The number of aryl methyl sites for hydroxylation is 3. The van der Waals surface area contributed by atoms with Crippen molar-refractivity contribution in [2.45, 2.75) is 90.9 Å². The van der Waals surface area contributed by atoms with Crippen LogP contribution in [0.15, 0.2) is 60.7 Å². The molecule has 0 saturated carbocycles. The Morgan fingerprint density at radius 2 is 1.78 bits per heavy atom. The lowest BCUT2D eigenvalue weighted by Gasteiger charge is -2.24. The van der Waals surface area contributed by atoms with Crippen LogP contribution in [-0.4, -0.2) is 80.2 Å². The number of fused-ring (bicyclic) bond motifs is 2. The second-order valence-electron chi connectivity index (χ2n) is 14.8. The number of aromatic carboxylic acids is 1. The van der Waals surface area contributed by atoms with Gasteiger partial charge in [0.2, 0.25) is 0 Å². The summed E-state index contributed by atoms with van der Waals surface area (Å²) in [5.74, 6) is -0.263. The summed E-state index contributed by atoms with van der Waals surface area (Å²) in [5, 5.41) is 29.1. The lowest BCUT2D eigenvalue weighted by molar-refractivity contribution is -0.169. The predicted molar refractivity (Wildman–Crippen MR) is 207 cm³/mol. The van der Waals surface area contributed by atoms with Crippen molar-refractivity contribution in [3.05, 3.63) is 83.3 Å². The summed E-state index contributed by atoms with van der Waals surface area (Å²) >= 11 is 0. The number of hydrogen-bond acceptors (Lipinski definition) is 8. The summed E-state index contributed by atoms with van der Waals surface area (Å²) in [6.45, 7) is 7.04. The number of rotatable bonds is 15. The zero-order chi connectivity index (χ0) is 38.4. The topological polar surface area (TPSA) is 138 Å². The molecule has 1 aliphatic rings. The van der Waals surface area contributed by atoms with Gasteiger partial charge in [-0.25, -0.2) is 9.59 Å². The zero-order valence-electron chi connectivity index (χ0n) is 32.0. The lowest BCUT2D eigenvalue weighted by Crippen LogP contribution is -2.35. The number of amides is 1. The van der Waals surface area contributed by atoms with Crippen LogP contribution in [0.5, 0.6) is 5.75 Å². The van der Waals surface area contributed by atoms with Crippen molar-refractivity contribution in [3.63, 3.8) is 0 Å². The standard InChI is InChI=1S/C42H52N4O8/c1-42(2,3)54-41(50)44(4)22-13-23-46-38-30(31(39(46)40(48)49)19-12-25-51-35-20-10-15-28-14-6-7-16-29(28)35)17-11-18-32(38)37-33(43-45(5)34(37)26-47)27-53-36-21-8-9-24-52-36/h6-7,10-11,14-18,20,36,47H,8-9,12-13,19,21-27H2,1-5H3,(H,48,49). The second-order valence-corrected chi connectivity index (χ2v) is 14.8. The van der Waals surface area contributed by atoms with E-state index in [1.54, 1.807) is 18.8 Å². The van der Waals surface area contributed by atoms with Crippen molar-refractivity contribution in [1.82, 2.24) is 19.2 Å². The molecule has 0 bridgehead atoms. The van der Waals surface area contributed by atoms with E-state index in [2.05, 4.69) is 0 Å². The highest BCUT2D eigenvalue weighted by atomic mass is 16.7. The summed E-state index contributed by atoms with van der Waals surface area (Å²) in [5.41, 5.74) is 3.63. The Hall–Kier alpha value is -4.91. The number of aromatic nitrogens is 3. The third-order valence-corrected chi connectivity index (χ3v) is 9.75. The average Bonchev–Trinajstić information content (AvgIpc) is 3.65. The number of ether oxygens (including phenoxy) is 4. The van der Waals surface area contributed by atoms with Gasteiger partial charge in [-0.15, -0.1) is 0 Å². The van der Waals surface area contributed by atoms with Crippen molar-refractivity contribution in [2.24, 2.45) is 7.05 Å². The number of nitrogens with zero attached hydrogens (tertiary/aromatic N) is 4. The molecule has 5 aromatic rings. The molecule has 1 fully saturated rings. The molecule has 1 aliphatic heterocycles. The van der Waals surface area contributed by atoms with Crippen LogP contribution >= 0.6 is 0 Å². The third kappa shape index (κ3) is 8.72. The highest BCUT2D eigenvalue weighted by Gasteiger charge is 2.28. The first-order chi connectivity index (χ1) is 26.0. The first-order valence-electron chi connectivity index (χ1n) is 18.8. The second kappa shape index (κ2) is 17.0. The van der Waals surface area contributed by atoms with Gasteiger partial charge in [0, 0.05) is 55.7 Å². The molecule has 288 valence electrons. The number of aliphatic hydroxyl groups is 1. The van der Waals surface area contributed by atoms with Crippen LogP contribution in [0.25, 0.3) is 32.8 Å². The first kappa shape index (κ1) is 38.8. The van der Waals surface area contributed by atoms with E-state index < -0.39 is 17.7 Å². The van der Waals surface area contributed by atoms with E-state index in [9.17, 15) is 19.8 Å². The molecule has 1 amide bonds. The lowest BCUT2D eigenvalue weighted by atomic mass is 9.98. The van der Waals surface area contributed by atoms with Gasteiger partial charge in [0.25, 0.3) is 0 Å². The van der Waals surface area contributed by atoms with E-state index in [0.29, 0.717) is 68.1 Å². The molecule has 12 nitrogen and oxygen atoms in total. The van der Waals surface area contributed by atoms with Crippen LogP contribution in [-0.2, 0) is 47.4 Å². The van der Waals surface area contributed by atoms with Crippen molar-refractivity contribution in [1.29, 1.82) is 0 Å². The number of carbonyl (C=O) groups is 2. The van der Waals surface area contributed by atoms with Crippen LogP contribution in [0.1, 0.15) is 80.3 Å². The summed E-state index contributed by atoms with van der Waals surface area (Å²) in [4.78, 5) is 27.6. The van der Waals surface area contributed by atoms with Gasteiger partial charge in [0.15, 0.2) is 6.29 Å². The van der Waals surface area contributed by atoms with Gasteiger partial charge in [0.05, 0.1) is 36.7 Å². The minimum atomic E-state index is -1.05. The number of benzene rings is 3. The Balaban J connectivity index is 1.37. The summed E-state index contributed by atoms with van der Waals surface area (Å²) in [7, 11) is 3.46. The molecule has 2 N–H and O–H groups in total. The molecule has 54 heavy (non-hydrogen) atoms. The predicted octanol–water partition coefficient (Wildman–Crippen LogP) is 7.70. The Labute approximate surface area is 316 Å². The number of para-hydroxylation sites is 1. The van der Waals surface area contributed by atoms with E-state index in [1.807, 2.05) is 86.0 Å². The molecule has 12 heteroatoms. The minimum Gasteiger partial charge on any atom is -0.493 e. The molecule has 6 rings (SSSR count). The van der Waals surface area contributed by atoms with E-state index in [1.165, 1.54) is 4.90 Å². The van der Waals surface area contributed by atoms with Gasteiger partial charge in [-0.1, -0.05) is 54.6 Å². The van der Waals surface area contributed by atoms with E-state index in [4.69, 9.17) is 24.0 Å². The maximum Gasteiger partial charge on any atom is 0.410 e. The molecule has 0 spiro atoms. The molecule has 2 aromatic heterocycles. The van der Waals surface area contributed by atoms with Crippen LogP contribution in [0.3, 0.4) is 0 Å². The highest BCUT2D eigenvalue weighted by Crippen LogP contribution is 2.39. The number of carboxylic acids is 1.